The van der Waals surface area contributed by atoms with Crippen molar-refractivity contribution in [3.8, 4) is 0 Å². The number of amides is 1. The zero-order chi connectivity index (χ0) is 20.1. The molecule has 1 aromatic carbocycles. The number of rotatable bonds is 5. The molecule has 1 heterocycles. The maximum Gasteiger partial charge on any atom is 0.242 e. The predicted octanol–water partition coefficient (Wildman–Crippen LogP) is 1.12. The smallest absolute Gasteiger partial charge is 0.242 e. The molecule has 0 saturated carbocycles. The summed E-state index contributed by atoms with van der Waals surface area (Å²) in [7, 11) is -1.48. The predicted molar refractivity (Wildman–Crippen MR) is 108 cm³/mol. The third-order valence-corrected chi connectivity index (χ3v) is 7.44. The van der Waals surface area contributed by atoms with Gasteiger partial charge in [-0.2, -0.15) is 0 Å². The van der Waals surface area contributed by atoms with Gasteiger partial charge in [-0.1, -0.05) is 30.3 Å². The molecule has 7 nitrogen and oxygen atoms in total. The molecular weight excluding hydrogens is 364 g/mol. The number of aliphatic imine (C=N–C) groups is 1. The van der Waals surface area contributed by atoms with Gasteiger partial charge in [0.2, 0.25) is 5.91 Å². The van der Waals surface area contributed by atoms with Crippen LogP contribution in [0.25, 0.3) is 0 Å². The molecule has 0 unspecified atom stereocenters. The average Bonchev–Trinajstić information content (AvgIpc) is 2.63. The van der Waals surface area contributed by atoms with E-state index in [1.165, 1.54) is 0 Å². The number of nitrogens with one attached hydrogen (secondary N) is 1. The van der Waals surface area contributed by atoms with Gasteiger partial charge in [0.15, 0.2) is 15.8 Å². The lowest BCUT2D eigenvalue weighted by Gasteiger charge is -2.39. The van der Waals surface area contributed by atoms with Crippen molar-refractivity contribution < 1.29 is 13.2 Å². The quantitative estimate of drug-likeness (QED) is 0.598. The molecule has 1 saturated heterocycles. The van der Waals surface area contributed by atoms with Crippen molar-refractivity contribution in [2.45, 2.75) is 32.1 Å². The van der Waals surface area contributed by atoms with E-state index >= 15 is 0 Å². The monoisotopic (exact) mass is 394 g/mol. The summed E-state index contributed by atoms with van der Waals surface area (Å²) in [6.45, 7) is 7.43. The number of carbonyl (C=O) groups excluding carboxylic acids is 1. The molecule has 0 spiro atoms. The van der Waals surface area contributed by atoms with Crippen molar-refractivity contribution in [2.75, 3.05) is 39.0 Å². The molecule has 0 radical (unpaired) electrons. The summed E-state index contributed by atoms with van der Waals surface area (Å²) >= 11 is 0. The lowest BCUT2D eigenvalue weighted by molar-refractivity contribution is -0.130. The van der Waals surface area contributed by atoms with Crippen molar-refractivity contribution in [3.05, 3.63) is 35.9 Å². The van der Waals surface area contributed by atoms with E-state index in [0.29, 0.717) is 32.1 Å². The first kappa shape index (κ1) is 21.2. The van der Waals surface area contributed by atoms with Gasteiger partial charge in [-0.15, -0.1) is 0 Å². The highest BCUT2D eigenvalue weighted by molar-refractivity contribution is 7.92. The standard InChI is InChI=1S/C19H30N4O3S/c1-5-22(14-16-9-7-6-8-10-16)17(24)13-21-18(20-4)23-11-12-27(25,26)19(2,3)15-23/h6-10H,5,11-15H2,1-4H3,(H,20,21). The number of sulfone groups is 1. The first-order chi connectivity index (χ1) is 12.7. The average molecular weight is 395 g/mol. The Balaban J connectivity index is 1.96. The highest BCUT2D eigenvalue weighted by atomic mass is 32.2. The zero-order valence-electron chi connectivity index (χ0n) is 16.6. The minimum atomic E-state index is -3.12. The largest absolute Gasteiger partial charge is 0.347 e. The summed E-state index contributed by atoms with van der Waals surface area (Å²) in [5.41, 5.74) is 1.08. The SMILES string of the molecule is CCN(Cc1ccccc1)C(=O)CNC(=NC)N1CCS(=O)(=O)C(C)(C)C1. The van der Waals surface area contributed by atoms with Crippen LogP contribution in [0.15, 0.2) is 35.3 Å². The van der Waals surface area contributed by atoms with Crippen LogP contribution in [0.1, 0.15) is 26.3 Å². The van der Waals surface area contributed by atoms with Gasteiger partial charge in [0.1, 0.15) is 0 Å². The number of carbonyl (C=O) groups is 1. The van der Waals surface area contributed by atoms with E-state index in [1.54, 1.807) is 25.8 Å². The second-order valence-corrected chi connectivity index (χ2v) is 10.0. The number of hydrogen-bond donors (Lipinski definition) is 1. The van der Waals surface area contributed by atoms with Gasteiger partial charge in [-0.3, -0.25) is 9.79 Å². The number of hydrogen-bond acceptors (Lipinski definition) is 4. The van der Waals surface area contributed by atoms with Gasteiger partial charge in [-0.05, 0) is 26.3 Å². The highest BCUT2D eigenvalue weighted by Crippen LogP contribution is 2.23. The van der Waals surface area contributed by atoms with Crippen LogP contribution < -0.4 is 5.32 Å². The van der Waals surface area contributed by atoms with E-state index in [-0.39, 0.29) is 18.2 Å². The summed E-state index contributed by atoms with van der Waals surface area (Å²) in [5, 5.41) is 3.09. The van der Waals surface area contributed by atoms with Crippen molar-refractivity contribution in [1.29, 1.82) is 0 Å². The molecule has 1 aliphatic rings. The van der Waals surface area contributed by atoms with Crippen molar-refractivity contribution >= 4 is 21.7 Å². The Kier molecular flexibility index (Phi) is 6.86. The van der Waals surface area contributed by atoms with Gasteiger partial charge in [0, 0.05) is 33.2 Å². The van der Waals surface area contributed by atoms with E-state index in [9.17, 15) is 13.2 Å². The summed E-state index contributed by atoms with van der Waals surface area (Å²) in [6.07, 6.45) is 0. The Labute approximate surface area is 162 Å². The van der Waals surface area contributed by atoms with Crippen LogP contribution in [0.5, 0.6) is 0 Å². The molecule has 0 atom stereocenters. The minimum absolute atomic E-state index is 0.0219. The molecule has 8 heteroatoms. The van der Waals surface area contributed by atoms with Crippen LogP contribution in [0.4, 0.5) is 0 Å². The van der Waals surface area contributed by atoms with Crippen LogP contribution in [-0.4, -0.2) is 73.8 Å². The van der Waals surface area contributed by atoms with Gasteiger partial charge < -0.3 is 15.1 Å². The minimum Gasteiger partial charge on any atom is -0.347 e. The number of benzene rings is 1. The molecule has 1 aromatic rings. The summed E-state index contributed by atoms with van der Waals surface area (Å²) in [5.74, 6) is 0.623. The molecule has 0 bridgehead atoms. The van der Waals surface area contributed by atoms with E-state index in [0.717, 1.165) is 5.56 Å². The highest BCUT2D eigenvalue weighted by Gasteiger charge is 2.41. The fourth-order valence-electron chi connectivity index (χ4n) is 3.10. The van der Waals surface area contributed by atoms with Crippen LogP contribution in [0.3, 0.4) is 0 Å². The number of guanidine groups is 1. The van der Waals surface area contributed by atoms with E-state index < -0.39 is 14.6 Å². The molecule has 1 N–H and O–H groups in total. The van der Waals surface area contributed by atoms with Crippen molar-refractivity contribution in [2.24, 2.45) is 4.99 Å². The first-order valence-electron chi connectivity index (χ1n) is 9.20. The Morgan fingerprint density at radius 1 is 1.30 bits per heavy atom. The van der Waals surface area contributed by atoms with Gasteiger partial charge in [-0.25, -0.2) is 8.42 Å². The summed E-state index contributed by atoms with van der Waals surface area (Å²) in [4.78, 5) is 20.5. The molecule has 1 amide bonds. The van der Waals surface area contributed by atoms with Crippen LogP contribution >= 0.6 is 0 Å². The zero-order valence-corrected chi connectivity index (χ0v) is 17.4. The second-order valence-electron chi connectivity index (χ2n) is 7.29. The second kappa shape index (κ2) is 8.73. The molecule has 0 aromatic heterocycles. The molecule has 0 aliphatic carbocycles. The van der Waals surface area contributed by atoms with E-state index in [1.807, 2.05) is 42.2 Å². The maximum atomic E-state index is 12.6. The van der Waals surface area contributed by atoms with Crippen LogP contribution in [0, 0.1) is 0 Å². The Morgan fingerprint density at radius 2 is 1.96 bits per heavy atom. The lowest BCUT2D eigenvalue weighted by Crippen LogP contribution is -2.58. The fourth-order valence-corrected chi connectivity index (χ4v) is 4.47. The summed E-state index contributed by atoms with van der Waals surface area (Å²) in [6, 6.07) is 9.87. The molecule has 2 rings (SSSR count). The van der Waals surface area contributed by atoms with Crippen LogP contribution in [-0.2, 0) is 21.2 Å². The lowest BCUT2D eigenvalue weighted by atomic mass is 10.2. The van der Waals surface area contributed by atoms with Crippen molar-refractivity contribution in [1.82, 2.24) is 15.1 Å². The van der Waals surface area contributed by atoms with Crippen LogP contribution in [0.2, 0.25) is 0 Å². The Hall–Kier alpha value is -2.09. The van der Waals surface area contributed by atoms with Gasteiger partial charge in [0.05, 0.1) is 17.0 Å². The normalized spacial score (nSPS) is 18.8. The summed E-state index contributed by atoms with van der Waals surface area (Å²) < 4.78 is 23.5. The Morgan fingerprint density at radius 3 is 2.52 bits per heavy atom. The molecule has 1 fully saturated rings. The van der Waals surface area contributed by atoms with Gasteiger partial charge >= 0.3 is 0 Å². The molecule has 150 valence electrons. The van der Waals surface area contributed by atoms with E-state index in [4.69, 9.17) is 0 Å². The number of nitrogens with zero attached hydrogens (tertiary/aromatic N) is 3. The Bertz CT molecular complexity index is 775. The molecular formula is C19H30N4O3S. The first-order valence-corrected chi connectivity index (χ1v) is 10.8. The topological polar surface area (TPSA) is 82.1 Å². The van der Waals surface area contributed by atoms with Gasteiger partial charge in [0.25, 0.3) is 0 Å². The fraction of sp³-hybridized carbons (Fsp3) is 0.579. The molecule has 1 aliphatic heterocycles. The third kappa shape index (κ3) is 5.22. The number of likely N-dealkylation sites (N-methyl/N-ethyl adjacent to an activating group) is 1. The third-order valence-electron chi connectivity index (χ3n) is 4.90. The van der Waals surface area contributed by atoms with Crippen molar-refractivity contribution in [3.63, 3.8) is 0 Å². The maximum absolute atomic E-state index is 12.6. The van der Waals surface area contributed by atoms with E-state index in [2.05, 4.69) is 10.3 Å². The molecule has 27 heavy (non-hydrogen) atoms.